The van der Waals surface area contributed by atoms with E-state index in [1.165, 1.54) is 5.56 Å². The Morgan fingerprint density at radius 3 is 2.46 bits per heavy atom. The number of rotatable bonds is 4. The number of pyridine rings is 1. The molecule has 2 aromatic carbocycles. The van der Waals surface area contributed by atoms with Crippen LogP contribution in [0, 0.1) is 0 Å². The van der Waals surface area contributed by atoms with Gasteiger partial charge in [-0.3, -0.25) is 9.78 Å². The molecule has 0 bridgehead atoms. The van der Waals surface area contributed by atoms with Crippen molar-refractivity contribution in [2.45, 2.75) is 6.04 Å². The number of ether oxygens (including phenoxy) is 1. The molecule has 0 N–H and O–H groups in total. The molecule has 5 heteroatoms. The maximum absolute atomic E-state index is 13.2. The number of amides is 1. The zero-order valence-corrected chi connectivity index (χ0v) is 15.9. The largest absolute Gasteiger partial charge is 0.456 e. The summed E-state index contributed by atoms with van der Waals surface area (Å²) in [5, 5.41) is 0. The summed E-state index contributed by atoms with van der Waals surface area (Å²) < 4.78 is 5.77. The first-order chi connectivity index (χ1) is 13.7. The van der Waals surface area contributed by atoms with E-state index in [2.05, 4.69) is 29.1 Å². The molecule has 1 fully saturated rings. The molecule has 0 spiro atoms. The second-order valence-electron chi connectivity index (χ2n) is 7.00. The summed E-state index contributed by atoms with van der Waals surface area (Å²) in [5.41, 5.74) is 1.84. The molecule has 1 atom stereocenters. The van der Waals surface area contributed by atoms with Crippen LogP contribution < -0.4 is 4.74 Å². The van der Waals surface area contributed by atoms with Crippen LogP contribution in [-0.4, -0.2) is 47.4 Å². The molecule has 4 rings (SSSR count). The van der Waals surface area contributed by atoms with E-state index >= 15 is 0 Å². The van der Waals surface area contributed by atoms with Crippen molar-refractivity contribution in [1.82, 2.24) is 14.8 Å². The third-order valence-electron chi connectivity index (χ3n) is 5.00. The number of benzene rings is 2. The molecule has 1 aliphatic rings. The van der Waals surface area contributed by atoms with Crippen LogP contribution in [0.4, 0.5) is 0 Å². The lowest BCUT2D eigenvalue weighted by atomic mass is 10.0. The van der Waals surface area contributed by atoms with Gasteiger partial charge in [0.05, 0.1) is 12.2 Å². The summed E-state index contributed by atoms with van der Waals surface area (Å²) in [6.07, 6.45) is 3.36. The van der Waals surface area contributed by atoms with E-state index in [9.17, 15) is 4.79 Å². The van der Waals surface area contributed by atoms with Crippen LogP contribution in [0.2, 0.25) is 0 Å². The van der Waals surface area contributed by atoms with Crippen LogP contribution >= 0.6 is 0 Å². The zero-order valence-electron chi connectivity index (χ0n) is 15.9. The minimum Gasteiger partial charge on any atom is -0.456 e. The van der Waals surface area contributed by atoms with Crippen LogP contribution in [0.5, 0.6) is 11.5 Å². The molecule has 1 aliphatic heterocycles. The van der Waals surface area contributed by atoms with E-state index in [-0.39, 0.29) is 11.9 Å². The van der Waals surface area contributed by atoms with E-state index in [4.69, 9.17) is 4.74 Å². The third-order valence-corrected chi connectivity index (χ3v) is 5.00. The quantitative estimate of drug-likeness (QED) is 0.693. The predicted octanol–water partition coefficient (Wildman–Crippen LogP) is 4.00. The second kappa shape index (κ2) is 8.23. The predicted molar refractivity (Wildman–Crippen MR) is 108 cm³/mol. The highest BCUT2D eigenvalue weighted by atomic mass is 16.5. The number of carbonyl (C=O) groups excluding carboxylic acids is 1. The van der Waals surface area contributed by atoms with Gasteiger partial charge in [0.1, 0.15) is 11.5 Å². The Morgan fingerprint density at radius 2 is 1.75 bits per heavy atom. The Bertz CT molecular complexity index is 914. The molecule has 1 amide bonds. The maximum atomic E-state index is 13.2. The molecule has 28 heavy (non-hydrogen) atoms. The number of aromatic nitrogens is 1. The van der Waals surface area contributed by atoms with Crippen LogP contribution in [0.25, 0.3) is 0 Å². The lowest BCUT2D eigenvalue weighted by molar-refractivity contribution is 0.0498. The first-order valence-electron chi connectivity index (χ1n) is 9.43. The lowest BCUT2D eigenvalue weighted by Gasteiger charge is -2.40. The average molecular weight is 373 g/mol. The number of piperazine rings is 1. The van der Waals surface area contributed by atoms with Gasteiger partial charge in [-0.25, -0.2) is 0 Å². The van der Waals surface area contributed by atoms with Crippen molar-refractivity contribution in [1.29, 1.82) is 0 Å². The molecule has 0 aliphatic carbocycles. The van der Waals surface area contributed by atoms with Crippen LogP contribution in [0.1, 0.15) is 22.0 Å². The molecule has 0 saturated carbocycles. The van der Waals surface area contributed by atoms with Gasteiger partial charge in [0.15, 0.2) is 0 Å². The van der Waals surface area contributed by atoms with E-state index in [1.807, 2.05) is 59.5 Å². The minimum atomic E-state index is 0.0508. The summed E-state index contributed by atoms with van der Waals surface area (Å²) in [7, 11) is 2.10. The van der Waals surface area contributed by atoms with Crippen molar-refractivity contribution in [3.63, 3.8) is 0 Å². The fraction of sp³-hybridized carbons (Fsp3) is 0.217. The molecular weight excluding hydrogens is 350 g/mol. The van der Waals surface area contributed by atoms with Gasteiger partial charge in [0, 0.05) is 31.4 Å². The highest BCUT2D eigenvalue weighted by molar-refractivity contribution is 5.94. The average Bonchev–Trinajstić information content (AvgIpc) is 2.75. The van der Waals surface area contributed by atoms with Gasteiger partial charge < -0.3 is 14.5 Å². The zero-order chi connectivity index (χ0) is 19.3. The highest BCUT2D eigenvalue weighted by Crippen LogP contribution is 2.27. The first kappa shape index (κ1) is 18.2. The fourth-order valence-electron chi connectivity index (χ4n) is 3.50. The van der Waals surface area contributed by atoms with Gasteiger partial charge in [-0.05, 0) is 49.0 Å². The molecule has 5 nitrogen and oxygen atoms in total. The number of nitrogens with zero attached hydrogens (tertiary/aromatic N) is 3. The second-order valence-corrected chi connectivity index (χ2v) is 7.00. The first-order valence-corrected chi connectivity index (χ1v) is 9.43. The standard InChI is InChI=1S/C23H23N3O2/c1-25-14-15-26(22(17-25)18-6-3-2-4-7-18)23(27)19-9-11-20(12-10-19)28-21-8-5-13-24-16-21/h2-13,16,22H,14-15,17H2,1H3. The summed E-state index contributed by atoms with van der Waals surface area (Å²) in [6, 6.07) is 21.3. The molecule has 1 aromatic heterocycles. The lowest BCUT2D eigenvalue weighted by Crippen LogP contribution is -2.49. The smallest absolute Gasteiger partial charge is 0.254 e. The Morgan fingerprint density at radius 1 is 0.964 bits per heavy atom. The van der Waals surface area contributed by atoms with Crippen molar-refractivity contribution < 1.29 is 9.53 Å². The number of likely N-dealkylation sites (N-methyl/N-ethyl adjacent to an activating group) is 1. The maximum Gasteiger partial charge on any atom is 0.254 e. The molecular formula is C23H23N3O2. The summed E-state index contributed by atoms with van der Waals surface area (Å²) in [6.45, 7) is 2.41. The van der Waals surface area contributed by atoms with E-state index in [0.717, 1.165) is 13.1 Å². The van der Waals surface area contributed by atoms with Crippen molar-refractivity contribution in [2.24, 2.45) is 0 Å². The normalized spacial score (nSPS) is 17.3. The Hall–Kier alpha value is -3.18. The molecule has 2 heterocycles. The monoisotopic (exact) mass is 373 g/mol. The van der Waals surface area contributed by atoms with Crippen LogP contribution in [0.3, 0.4) is 0 Å². The Balaban J connectivity index is 1.52. The van der Waals surface area contributed by atoms with Crippen molar-refractivity contribution in [2.75, 3.05) is 26.7 Å². The topological polar surface area (TPSA) is 45.7 Å². The van der Waals surface area contributed by atoms with E-state index in [1.54, 1.807) is 12.4 Å². The minimum absolute atomic E-state index is 0.0508. The Labute approximate surface area is 165 Å². The molecule has 0 radical (unpaired) electrons. The van der Waals surface area contributed by atoms with Crippen molar-refractivity contribution >= 4 is 5.91 Å². The number of hydrogen-bond donors (Lipinski definition) is 0. The van der Waals surface area contributed by atoms with Gasteiger partial charge in [0.2, 0.25) is 0 Å². The summed E-state index contributed by atoms with van der Waals surface area (Å²) in [4.78, 5) is 21.5. The van der Waals surface area contributed by atoms with Gasteiger partial charge in [-0.15, -0.1) is 0 Å². The van der Waals surface area contributed by atoms with Gasteiger partial charge in [0.25, 0.3) is 5.91 Å². The van der Waals surface area contributed by atoms with E-state index < -0.39 is 0 Å². The number of carbonyl (C=O) groups is 1. The summed E-state index contributed by atoms with van der Waals surface area (Å²) in [5.74, 6) is 1.40. The molecule has 142 valence electrons. The summed E-state index contributed by atoms with van der Waals surface area (Å²) >= 11 is 0. The van der Waals surface area contributed by atoms with Gasteiger partial charge in [-0.2, -0.15) is 0 Å². The van der Waals surface area contributed by atoms with Crippen LogP contribution in [0.15, 0.2) is 79.1 Å². The van der Waals surface area contributed by atoms with Crippen molar-refractivity contribution in [3.05, 3.63) is 90.3 Å². The van der Waals surface area contributed by atoms with Crippen LogP contribution in [-0.2, 0) is 0 Å². The molecule has 1 unspecified atom stereocenters. The fourth-order valence-corrected chi connectivity index (χ4v) is 3.50. The molecule has 3 aromatic rings. The van der Waals surface area contributed by atoms with Gasteiger partial charge in [-0.1, -0.05) is 30.3 Å². The third kappa shape index (κ3) is 4.05. The Kier molecular flexibility index (Phi) is 5.35. The SMILES string of the molecule is CN1CCN(C(=O)c2ccc(Oc3cccnc3)cc2)C(c2ccccc2)C1. The van der Waals surface area contributed by atoms with Crippen molar-refractivity contribution in [3.8, 4) is 11.5 Å². The van der Waals surface area contributed by atoms with E-state index in [0.29, 0.717) is 23.6 Å². The molecule has 1 saturated heterocycles. The van der Waals surface area contributed by atoms with Gasteiger partial charge >= 0.3 is 0 Å². The highest BCUT2D eigenvalue weighted by Gasteiger charge is 2.30. The number of hydrogen-bond acceptors (Lipinski definition) is 4.